The van der Waals surface area contributed by atoms with Crippen LogP contribution < -0.4 is 0 Å². The van der Waals surface area contributed by atoms with Crippen molar-refractivity contribution in [3.05, 3.63) is 0 Å². The molecule has 0 N–H and O–H groups in total. The average Bonchev–Trinajstić information content (AvgIpc) is 2.74. The topological polar surface area (TPSA) is 23.8 Å². The number of hydrogen-bond acceptors (Lipinski definition) is 1. The molecule has 4 atom stereocenters. The van der Waals surface area contributed by atoms with E-state index in [0.29, 0.717) is 0 Å². The monoisotopic (exact) mass is 385 g/mol. The summed E-state index contributed by atoms with van der Waals surface area (Å²) in [6.07, 6.45) is 25.1. The van der Waals surface area contributed by atoms with Crippen LogP contribution in [0.25, 0.3) is 0 Å². The number of fused-ring (bicyclic) bond motifs is 1. The summed E-state index contributed by atoms with van der Waals surface area (Å²) in [4.78, 5) is 0. The van der Waals surface area contributed by atoms with Crippen LogP contribution in [0, 0.1) is 46.3 Å². The van der Waals surface area contributed by atoms with Crippen molar-refractivity contribution in [2.24, 2.45) is 35.0 Å². The fraction of sp³-hybridized carbons (Fsp3) is 0.963. The van der Waals surface area contributed by atoms with Gasteiger partial charge in [0.15, 0.2) is 0 Å². The lowest BCUT2D eigenvalue weighted by Gasteiger charge is -2.50. The minimum absolute atomic E-state index is 0.0578. The molecule has 3 aliphatic rings. The summed E-state index contributed by atoms with van der Waals surface area (Å²) in [7, 11) is 0. The van der Waals surface area contributed by atoms with Crippen molar-refractivity contribution in [2.45, 2.75) is 129 Å². The molecule has 0 aromatic carbocycles. The Hall–Kier alpha value is -0.510. The van der Waals surface area contributed by atoms with Crippen LogP contribution in [-0.4, -0.2) is 0 Å². The van der Waals surface area contributed by atoms with E-state index in [1.54, 1.807) is 0 Å². The Morgan fingerprint density at radius 1 is 0.750 bits per heavy atom. The summed E-state index contributed by atoms with van der Waals surface area (Å²) in [6.45, 7) is 4.64. The fourth-order valence-electron chi connectivity index (χ4n) is 7.33. The number of hydrogen-bond donors (Lipinski definition) is 0. The second-order valence-corrected chi connectivity index (χ2v) is 10.9. The van der Waals surface area contributed by atoms with Gasteiger partial charge in [0, 0.05) is 0 Å². The normalized spacial score (nSPS) is 38.5. The highest BCUT2D eigenvalue weighted by molar-refractivity contribution is 5.09. The number of unbranched alkanes of at least 4 members (excludes halogenated alkanes) is 4. The zero-order valence-electron chi connectivity index (χ0n) is 19.1. The van der Waals surface area contributed by atoms with E-state index in [0.717, 1.165) is 29.6 Å². The average molecular weight is 386 g/mol. The molecule has 1 heteroatoms. The van der Waals surface area contributed by atoms with Gasteiger partial charge >= 0.3 is 0 Å². The molecule has 28 heavy (non-hydrogen) atoms. The van der Waals surface area contributed by atoms with Crippen molar-refractivity contribution in [3.63, 3.8) is 0 Å². The van der Waals surface area contributed by atoms with Crippen molar-refractivity contribution in [1.29, 1.82) is 5.26 Å². The molecule has 0 bridgehead atoms. The van der Waals surface area contributed by atoms with Crippen molar-refractivity contribution >= 4 is 0 Å². The largest absolute Gasteiger partial charge is 0.198 e. The Bertz CT molecular complexity index is 483. The van der Waals surface area contributed by atoms with Gasteiger partial charge in [-0.15, -0.1) is 0 Å². The SMILES string of the molecule is CCCCCCC[C@@H]1CC[C@@H]2CC(C3CCC(CCC)CC3)CC[C@]2(C#N)C1. The first-order valence-electron chi connectivity index (χ1n) is 13.1. The predicted molar refractivity (Wildman–Crippen MR) is 120 cm³/mol. The maximum Gasteiger partial charge on any atom is 0.0692 e. The quantitative estimate of drug-likeness (QED) is 0.364. The highest BCUT2D eigenvalue weighted by Gasteiger charge is 2.48. The van der Waals surface area contributed by atoms with E-state index in [4.69, 9.17) is 0 Å². The van der Waals surface area contributed by atoms with Gasteiger partial charge in [0.05, 0.1) is 11.5 Å². The van der Waals surface area contributed by atoms with E-state index in [9.17, 15) is 5.26 Å². The Morgan fingerprint density at radius 3 is 2.21 bits per heavy atom. The van der Waals surface area contributed by atoms with Crippen LogP contribution in [0.15, 0.2) is 0 Å². The first-order chi connectivity index (χ1) is 13.7. The molecule has 3 rings (SSSR count). The Kier molecular flexibility index (Phi) is 8.74. The van der Waals surface area contributed by atoms with Crippen LogP contribution in [0.4, 0.5) is 0 Å². The second kappa shape index (κ2) is 11.0. The third-order valence-electron chi connectivity index (χ3n) is 9.10. The third kappa shape index (κ3) is 5.55. The summed E-state index contributed by atoms with van der Waals surface area (Å²) in [6, 6.07) is 2.91. The summed E-state index contributed by atoms with van der Waals surface area (Å²) < 4.78 is 0. The van der Waals surface area contributed by atoms with Crippen molar-refractivity contribution in [3.8, 4) is 6.07 Å². The Balaban J connectivity index is 1.46. The van der Waals surface area contributed by atoms with E-state index < -0.39 is 0 Å². The van der Waals surface area contributed by atoms with E-state index in [1.807, 2.05) is 0 Å². The van der Waals surface area contributed by atoms with Crippen LogP contribution in [0.1, 0.15) is 129 Å². The first kappa shape index (κ1) is 22.2. The lowest BCUT2D eigenvalue weighted by Crippen LogP contribution is -2.42. The van der Waals surface area contributed by atoms with Crippen LogP contribution >= 0.6 is 0 Å². The van der Waals surface area contributed by atoms with Gasteiger partial charge in [0.25, 0.3) is 0 Å². The van der Waals surface area contributed by atoms with Gasteiger partial charge in [-0.1, -0.05) is 84.5 Å². The zero-order chi connectivity index (χ0) is 19.8. The maximum absolute atomic E-state index is 10.2. The third-order valence-corrected chi connectivity index (χ3v) is 9.10. The lowest BCUT2D eigenvalue weighted by atomic mass is 9.53. The zero-order valence-corrected chi connectivity index (χ0v) is 19.1. The molecule has 0 heterocycles. The molecule has 0 aromatic rings. The summed E-state index contributed by atoms with van der Waals surface area (Å²) in [5, 5.41) is 10.2. The van der Waals surface area contributed by atoms with Crippen LogP contribution in [0.5, 0.6) is 0 Å². The van der Waals surface area contributed by atoms with E-state index in [-0.39, 0.29) is 5.41 Å². The molecule has 0 radical (unpaired) electrons. The van der Waals surface area contributed by atoms with Gasteiger partial charge in [-0.3, -0.25) is 0 Å². The molecular formula is C27H47N. The van der Waals surface area contributed by atoms with E-state index >= 15 is 0 Å². The summed E-state index contributed by atoms with van der Waals surface area (Å²) in [5.74, 6) is 4.52. The molecule has 0 spiro atoms. The molecule has 3 saturated carbocycles. The van der Waals surface area contributed by atoms with Gasteiger partial charge < -0.3 is 0 Å². The number of rotatable bonds is 9. The second-order valence-electron chi connectivity index (χ2n) is 10.9. The molecule has 3 aliphatic carbocycles. The number of nitrogens with zero attached hydrogens (tertiary/aromatic N) is 1. The standard InChI is InChI=1S/C27H47N/c1-3-5-6-7-8-10-23-13-16-26-19-25(17-18-27(26,20-23)21-28)24-14-11-22(9-4-2)12-15-24/h22-26H,3-20H2,1-2H3/t22?,23-,24?,25?,26-,27-/m1/s1. The van der Waals surface area contributed by atoms with Crippen molar-refractivity contribution in [1.82, 2.24) is 0 Å². The summed E-state index contributed by atoms with van der Waals surface area (Å²) >= 11 is 0. The van der Waals surface area contributed by atoms with Crippen LogP contribution in [-0.2, 0) is 0 Å². The van der Waals surface area contributed by atoms with Gasteiger partial charge in [-0.05, 0) is 74.5 Å². The lowest BCUT2D eigenvalue weighted by molar-refractivity contribution is 0.0146. The molecule has 0 saturated heterocycles. The minimum Gasteiger partial charge on any atom is -0.198 e. The van der Waals surface area contributed by atoms with Crippen LogP contribution in [0.2, 0.25) is 0 Å². The molecule has 3 fully saturated rings. The van der Waals surface area contributed by atoms with Gasteiger partial charge in [0.2, 0.25) is 0 Å². The van der Waals surface area contributed by atoms with Crippen molar-refractivity contribution < 1.29 is 0 Å². The Morgan fingerprint density at radius 2 is 1.50 bits per heavy atom. The fourth-order valence-corrected chi connectivity index (χ4v) is 7.33. The highest BCUT2D eigenvalue weighted by Crippen LogP contribution is 2.56. The van der Waals surface area contributed by atoms with Crippen LogP contribution in [0.3, 0.4) is 0 Å². The molecule has 0 aliphatic heterocycles. The van der Waals surface area contributed by atoms with E-state index in [2.05, 4.69) is 19.9 Å². The van der Waals surface area contributed by atoms with Gasteiger partial charge in [-0.25, -0.2) is 0 Å². The predicted octanol–water partition coefficient (Wildman–Crippen LogP) is 8.68. The highest BCUT2D eigenvalue weighted by atomic mass is 14.5. The molecule has 1 unspecified atom stereocenters. The molecular weight excluding hydrogens is 338 g/mol. The van der Waals surface area contributed by atoms with Gasteiger partial charge in [-0.2, -0.15) is 5.26 Å². The maximum atomic E-state index is 10.2. The molecule has 0 amide bonds. The summed E-state index contributed by atoms with van der Waals surface area (Å²) in [5.41, 5.74) is 0.0578. The minimum atomic E-state index is 0.0578. The first-order valence-corrected chi connectivity index (χ1v) is 13.1. The molecule has 0 aromatic heterocycles. The molecule has 160 valence electrons. The smallest absolute Gasteiger partial charge is 0.0692 e. The van der Waals surface area contributed by atoms with Gasteiger partial charge in [0.1, 0.15) is 0 Å². The Labute approximate surface area is 176 Å². The molecule has 1 nitrogen and oxygen atoms in total. The number of nitriles is 1. The van der Waals surface area contributed by atoms with Crippen molar-refractivity contribution in [2.75, 3.05) is 0 Å². The van der Waals surface area contributed by atoms with E-state index in [1.165, 1.54) is 116 Å².